The molecule has 0 aliphatic heterocycles. The topological polar surface area (TPSA) is 87.7 Å². The van der Waals surface area contributed by atoms with Gasteiger partial charge in [-0.15, -0.1) is 0 Å². The van der Waals surface area contributed by atoms with Crippen LogP contribution in [0.4, 0.5) is 4.79 Å². The molecule has 4 atom stereocenters. The third-order valence-corrected chi connectivity index (χ3v) is 6.89. The maximum Gasteiger partial charge on any atom is 0.408 e. The fraction of sp³-hybridized carbons (Fsp3) is 0.679. The van der Waals surface area contributed by atoms with E-state index in [-0.39, 0.29) is 23.8 Å². The van der Waals surface area contributed by atoms with Crippen molar-refractivity contribution in [2.75, 3.05) is 12.0 Å². The zero-order valence-corrected chi connectivity index (χ0v) is 24.5. The van der Waals surface area contributed by atoms with E-state index in [1.54, 1.807) is 37.4 Å². The maximum atomic E-state index is 14.2. The number of hydrogen-bond acceptors (Lipinski definition) is 5. The lowest BCUT2D eigenvalue weighted by atomic mass is 9.94. The van der Waals surface area contributed by atoms with Crippen molar-refractivity contribution in [1.29, 1.82) is 0 Å². The molecular formula is C28H45N3O4S. The molecule has 1 fully saturated rings. The van der Waals surface area contributed by atoms with Gasteiger partial charge in [-0.1, -0.05) is 25.1 Å². The first-order valence-electron chi connectivity index (χ1n) is 12.7. The van der Waals surface area contributed by atoms with E-state index in [2.05, 4.69) is 17.6 Å². The summed E-state index contributed by atoms with van der Waals surface area (Å²) in [4.78, 5) is 42.5. The van der Waals surface area contributed by atoms with E-state index in [1.807, 2.05) is 59.1 Å². The molecule has 202 valence electrons. The summed E-state index contributed by atoms with van der Waals surface area (Å²) >= 11 is 1.61. The molecular weight excluding hydrogens is 474 g/mol. The van der Waals surface area contributed by atoms with Crippen LogP contribution >= 0.6 is 11.8 Å². The fourth-order valence-electron chi connectivity index (χ4n) is 4.22. The van der Waals surface area contributed by atoms with Crippen LogP contribution in [0, 0.1) is 19.8 Å². The first kappa shape index (κ1) is 30.0. The summed E-state index contributed by atoms with van der Waals surface area (Å²) in [6, 6.07) is 4.19. The maximum absolute atomic E-state index is 14.2. The summed E-state index contributed by atoms with van der Waals surface area (Å²) in [5.41, 5.74) is 1.70. The number of aryl methyl sites for hydroxylation is 1. The van der Waals surface area contributed by atoms with Crippen molar-refractivity contribution in [3.8, 4) is 0 Å². The molecule has 4 unspecified atom stereocenters. The third kappa shape index (κ3) is 8.43. The Morgan fingerprint density at radius 3 is 2.25 bits per heavy atom. The number of thioether (sulfide) groups is 1. The lowest BCUT2D eigenvalue weighted by molar-refractivity contribution is -0.144. The second-order valence-electron chi connectivity index (χ2n) is 11.9. The number of hydrogen-bond donors (Lipinski definition) is 2. The van der Waals surface area contributed by atoms with Crippen LogP contribution in [0.5, 0.6) is 0 Å². The zero-order valence-electron chi connectivity index (χ0n) is 23.7. The van der Waals surface area contributed by atoms with Gasteiger partial charge in [0.15, 0.2) is 0 Å². The molecule has 0 radical (unpaired) electrons. The minimum atomic E-state index is -0.802. The monoisotopic (exact) mass is 519 g/mol. The highest BCUT2D eigenvalue weighted by Crippen LogP contribution is 2.41. The van der Waals surface area contributed by atoms with E-state index in [4.69, 9.17) is 4.74 Å². The number of amides is 3. The summed E-state index contributed by atoms with van der Waals surface area (Å²) in [5, 5.41) is 5.91. The first-order chi connectivity index (χ1) is 16.6. The molecule has 2 rings (SSSR count). The van der Waals surface area contributed by atoms with Crippen LogP contribution in [0.3, 0.4) is 0 Å². The Labute approximate surface area is 221 Å². The Hall–Kier alpha value is -2.22. The first-order valence-corrected chi connectivity index (χ1v) is 14.1. The molecule has 1 aliphatic carbocycles. The van der Waals surface area contributed by atoms with E-state index in [9.17, 15) is 14.4 Å². The van der Waals surface area contributed by atoms with Crippen LogP contribution in [0.1, 0.15) is 84.0 Å². The summed E-state index contributed by atoms with van der Waals surface area (Å²) in [6.45, 7) is 17.3. The average Bonchev–Trinajstić information content (AvgIpc) is 3.44. The molecule has 0 aromatic heterocycles. The number of alkyl carbamates (subject to hydrolysis) is 1. The fourth-order valence-corrected chi connectivity index (χ4v) is 4.69. The van der Waals surface area contributed by atoms with Gasteiger partial charge in [-0.3, -0.25) is 9.59 Å². The van der Waals surface area contributed by atoms with Gasteiger partial charge < -0.3 is 20.3 Å². The van der Waals surface area contributed by atoms with Crippen LogP contribution in [0.25, 0.3) is 0 Å². The Kier molecular flexibility index (Phi) is 9.91. The van der Waals surface area contributed by atoms with Gasteiger partial charge >= 0.3 is 6.09 Å². The Morgan fingerprint density at radius 2 is 1.75 bits per heavy atom. The minimum Gasteiger partial charge on any atom is -0.444 e. The van der Waals surface area contributed by atoms with Crippen molar-refractivity contribution in [3.63, 3.8) is 0 Å². The number of carbonyl (C=O) groups excluding carboxylic acids is 3. The van der Waals surface area contributed by atoms with Gasteiger partial charge in [0, 0.05) is 11.6 Å². The third-order valence-electron chi connectivity index (χ3n) is 6.24. The van der Waals surface area contributed by atoms with Gasteiger partial charge in [0.25, 0.3) is 0 Å². The Morgan fingerprint density at radius 1 is 1.14 bits per heavy atom. The van der Waals surface area contributed by atoms with Crippen LogP contribution in [-0.4, -0.2) is 58.0 Å². The van der Waals surface area contributed by atoms with Gasteiger partial charge in [0.05, 0.1) is 0 Å². The number of carbonyl (C=O) groups is 3. The largest absolute Gasteiger partial charge is 0.444 e. The molecule has 1 aromatic rings. The van der Waals surface area contributed by atoms with Crippen molar-refractivity contribution in [1.82, 2.24) is 15.5 Å². The van der Waals surface area contributed by atoms with Crippen molar-refractivity contribution in [3.05, 3.63) is 34.9 Å². The highest BCUT2D eigenvalue weighted by Gasteiger charge is 2.48. The van der Waals surface area contributed by atoms with Crippen molar-refractivity contribution >= 4 is 29.7 Å². The summed E-state index contributed by atoms with van der Waals surface area (Å²) < 4.78 is 5.46. The molecule has 2 N–H and O–H groups in total. The lowest BCUT2D eigenvalue weighted by Gasteiger charge is -2.37. The summed E-state index contributed by atoms with van der Waals surface area (Å²) in [7, 11) is 0. The molecule has 1 aromatic carbocycles. The van der Waals surface area contributed by atoms with Gasteiger partial charge in [0.2, 0.25) is 11.8 Å². The standard InChI is InChI=1S/C28H45N3O4S/c1-17-12-11-13-20(19(17)3)23(24(32)30-27(4,5)6)31(22-16-18(22)2)25(33)21(14-15-36-10)29-26(34)35-28(7,8)9/h11-13,18,21-23H,14-16H2,1-10H3,(H,29,34)(H,30,32). The van der Waals surface area contributed by atoms with Gasteiger partial charge in [-0.25, -0.2) is 4.79 Å². The normalized spacial score (nSPS) is 19.2. The van der Waals surface area contributed by atoms with E-state index in [1.165, 1.54) is 0 Å². The zero-order chi connectivity index (χ0) is 27.4. The minimum absolute atomic E-state index is 0.0784. The molecule has 1 saturated carbocycles. The molecule has 0 heterocycles. The molecule has 0 spiro atoms. The molecule has 1 aliphatic rings. The van der Waals surface area contributed by atoms with E-state index in [0.717, 1.165) is 23.1 Å². The second-order valence-corrected chi connectivity index (χ2v) is 12.9. The summed E-state index contributed by atoms with van der Waals surface area (Å²) in [5.74, 6) is 0.485. The second kappa shape index (κ2) is 11.9. The van der Waals surface area contributed by atoms with E-state index >= 15 is 0 Å². The van der Waals surface area contributed by atoms with Gasteiger partial charge in [0.1, 0.15) is 17.7 Å². The predicted molar refractivity (Wildman–Crippen MR) is 147 cm³/mol. The quantitative estimate of drug-likeness (QED) is 0.472. The number of rotatable bonds is 9. The molecule has 36 heavy (non-hydrogen) atoms. The number of nitrogens with one attached hydrogen (secondary N) is 2. The Balaban J connectivity index is 2.55. The van der Waals surface area contributed by atoms with Crippen LogP contribution in [-0.2, 0) is 14.3 Å². The van der Waals surface area contributed by atoms with Crippen molar-refractivity contribution in [2.24, 2.45) is 5.92 Å². The highest BCUT2D eigenvalue weighted by molar-refractivity contribution is 7.98. The SMILES string of the molecule is CSCCC(NC(=O)OC(C)(C)C)C(=O)N(C(C(=O)NC(C)(C)C)c1cccc(C)c1C)C1CC1C. The smallest absolute Gasteiger partial charge is 0.408 e. The molecule has 0 saturated heterocycles. The van der Waals surface area contributed by atoms with E-state index in [0.29, 0.717) is 12.2 Å². The van der Waals surface area contributed by atoms with Crippen LogP contribution in [0.2, 0.25) is 0 Å². The molecule has 0 bridgehead atoms. The number of nitrogens with zero attached hydrogens (tertiary/aromatic N) is 1. The van der Waals surface area contributed by atoms with E-state index < -0.39 is 29.3 Å². The van der Waals surface area contributed by atoms with Gasteiger partial charge in [-0.05, 0) is 103 Å². The van der Waals surface area contributed by atoms with Crippen LogP contribution < -0.4 is 10.6 Å². The average molecular weight is 520 g/mol. The molecule has 8 heteroatoms. The number of ether oxygens (including phenoxy) is 1. The van der Waals surface area contributed by atoms with Gasteiger partial charge in [-0.2, -0.15) is 11.8 Å². The van der Waals surface area contributed by atoms with Crippen molar-refractivity contribution < 1.29 is 19.1 Å². The number of benzene rings is 1. The lowest BCUT2D eigenvalue weighted by Crippen LogP contribution is -2.55. The molecule has 7 nitrogen and oxygen atoms in total. The van der Waals surface area contributed by atoms with Crippen molar-refractivity contribution in [2.45, 2.75) is 104 Å². The Bertz CT molecular complexity index is 951. The van der Waals surface area contributed by atoms with Crippen LogP contribution in [0.15, 0.2) is 18.2 Å². The molecule has 3 amide bonds. The summed E-state index contributed by atoms with van der Waals surface area (Å²) in [6.07, 6.45) is 2.59. The highest BCUT2D eigenvalue weighted by atomic mass is 32.2. The predicted octanol–water partition coefficient (Wildman–Crippen LogP) is 5.14.